The van der Waals surface area contributed by atoms with E-state index in [1.54, 1.807) is 0 Å². The fourth-order valence-electron chi connectivity index (χ4n) is 2.50. The van der Waals surface area contributed by atoms with E-state index in [1.165, 1.54) is 51.1 Å². The van der Waals surface area contributed by atoms with Crippen molar-refractivity contribution in [2.24, 2.45) is 11.3 Å². The van der Waals surface area contributed by atoms with Crippen LogP contribution in [0.3, 0.4) is 0 Å². The average molecular weight is 200 g/mol. The Morgan fingerprint density at radius 3 is 2.23 bits per heavy atom. The fraction of sp³-hybridized carbons (Fsp3) is 1.00. The molecular formula is C12H25P. The molecule has 0 aromatic rings. The Hall–Kier alpha value is 0.430. The van der Waals surface area contributed by atoms with Crippen molar-refractivity contribution in [2.75, 3.05) is 6.16 Å². The van der Waals surface area contributed by atoms with Crippen molar-refractivity contribution in [2.45, 2.75) is 58.8 Å². The minimum Gasteiger partial charge on any atom is -0.137 e. The second-order valence-corrected chi connectivity index (χ2v) is 5.10. The Balaban J connectivity index is 2.37. The van der Waals surface area contributed by atoms with Gasteiger partial charge in [-0.2, -0.15) is 0 Å². The smallest absolute Gasteiger partial charge is 0.0234 e. The quantitative estimate of drug-likeness (QED) is 0.539. The highest BCUT2D eigenvalue weighted by Gasteiger charge is 2.46. The molecule has 13 heavy (non-hydrogen) atoms. The molecule has 0 heterocycles. The summed E-state index contributed by atoms with van der Waals surface area (Å²) in [6, 6.07) is 0. The van der Waals surface area contributed by atoms with Gasteiger partial charge in [0.1, 0.15) is 0 Å². The van der Waals surface area contributed by atoms with Gasteiger partial charge in [0, 0.05) is 0 Å². The number of unbranched alkanes of at least 4 members (excludes halogenated alkanes) is 1. The molecule has 78 valence electrons. The SMILES string of the molecule is CCCCC(CCC)C1(CP)CC1. The van der Waals surface area contributed by atoms with Gasteiger partial charge in [0.2, 0.25) is 0 Å². The lowest BCUT2D eigenvalue weighted by Crippen LogP contribution is -2.17. The second kappa shape index (κ2) is 5.35. The van der Waals surface area contributed by atoms with Gasteiger partial charge in [-0.15, -0.1) is 9.24 Å². The Morgan fingerprint density at radius 1 is 1.15 bits per heavy atom. The molecule has 0 saturated heterocycles. The molecule has 0 aromatic carbocycles. The van der Waals surface area contributed by atoms with Crippen LogP contribution < -0.4 is 0 Å². The molecule has 0 radical (unpaired) electrons. The summed E-state index contributed by atoms with van der Waals surface area (Å²) in [5.74, 6) is 1.04. The number of rotatable bonds is 7. The largest absolute Gasteiger partial charge is 0.137 e. The third-order valence-corrected chi connectivity index (χ3v) is 4.52. The molecular weight excluding hydrogens is 175 g/mol. The zero-order valence-corrected chi connectivity index (χ0v) is 10.5. The molecule has 0 spiro atoms. The molecule has 1 fully saturated rings. The Labute approximate surface area is 86.1 Å². The highest BCUT2D eigenvalue weighted by molar-refractivity contribution is 7.16. The predicted molar refractivity (Wildman–Crippen MR) is 64.2 cm³/mol. The van der Waals surface area contributed by atoms with E-state index < -0.39 is 0 Å². The molecule has 1 aliphatic rings. The Bertz CT molecular complexity index is 138. The Morgan fingerprint density at radius 2 is 1.85 bits per heavy atom. The van der Waals surface area contributed by atoms with Gasteiger partial charge < -0.3 is 0 Å². The van der Waals surface area contributed by atoms with Gasteiger partial charge in [0.15, 0.2) is 0 Å². The minimum atomic E-state index is 0.774. The molecule has 0 nitrogen and oxygen atoms in total. The highest BCUT2D eigenvalue weighted by Crippen LogP contribution is 2.56. The van der Waals surface area contributed by atoms with Crippen molar-refractivity contribution in [3.63, 3.8) is 0 Å². The van der Waals surface area contributed by atoms with Gasteiger partial charge in [-0.1, -0.05) is 39.5 Å². The molecule has 1 aliphatic carbocycles. The summed E-state index contributed by atoms with van der Waals surface area (Å²) in [4.78, 5) is 0. The van der Waals surface area contributed by atoms with Crippen LogP contribution in [-0.2, 0) is 0 Å². The van der Waals surface area contributed by atoms with E-state index in [4.69, 9.17) is 0 Å². The summed E-state index contributed by atoms with van der Waals surface area (Å²) in [6.07, 6.45) is 11.5. The molecule has 0 bridgehead atoms. The van der Waals surface area contributed by atoms with Crippen molar-refractivity contribution in [1.82, 2.24) is 0 Å². The topological polar surface area (TPSA) is 0 Å². The molecule has 2 atom stereocenters. The zero-order valence-electron chi connectivity index (χ0n) is 9.31. The number of hydrogen-bond donors (Lipinski definition) is 0. The molecule has 0 amide bonds. The molecule has 2 unspecified atom stereocenters. The van der Waals surface area contributed by atoms with Gasteiger partial charge in [-0.25, -0.2) is 0 Å². The normalized spacial score (nSPS) is 21.5. The maximum absolute atomic E-state index is 2.97. The monoisotopic (exact) mass is 200 g/mol. The summed E-state index contributed by atoms with van der Waals surface area (Å²) in [5.41, 5.74) is 0.774. The van der Waals surface area contributed by atoms with Crippen molar-refractivity contribution < 1.29 is 0 Å². The molecule has 0 N–H and O–H groups in total. The molecule has 1 saturated carbocycles. The summed E-state index contributed by atoms with van der Waals surface area (Å²) < 4.78 is 0. The minimum absolute atomic E-state index is 0.774. The van der Waals surface area contributed by atoms with E-state index in [9.17, 15) is 0 Å². The third kappa shape index (κ3) is 2.94. The van der Waals surface area contributed by atoms with E-state index in [0.717, 1.165) is 11.3 Å². The summed E-state index contributed by atoms with van der Waals surface area (Å²) in [7, 11) is 2.97. The standard InChI is InChI=1S/C12H25P/c1-3-5-7-11(6-4-2)12(10-13)8-9-12/h11H,3-10,13H2,1-2H3. The van der Waals surface area contributed by atoms with Crippen LogP contribution >= 0.6 is 9.24 Å². The van der Waals surface area contributed by atoms with Gasteiger partial charge in [-0.3, -0.25) is 0 Å². The first-order chi connectivity index (χ1) is 6.29. The van der Waals surface area contributed by atoms with Crippen LogP contribution in [0.1, 0.15) is 58.8 Å². The molecule has 1 heteroatoms. The van der Waals surface area contributed by atoms with Gasteiger partial charge in [-0.05, 0) is 36.8 Å². The first-order valence-corrected chi connectivity index (χ1v) is 6.80. The average Bonchev–Trinajstić information content (AvgIpc) is 2.93. The summed E-state index contributed by atoms with van der Waals surface area (Å²) in [5, 5.41) is 0. The van der Waals surface area contributed by atoms with Crippen LogP contribution in [0.25, 0.3) is 0 Å². The summed E-state index contributed by atoms with van der Waals surface area (Å²) in [6.45, 7) is 4.64. The van der Waals surface area contributed by atoms with Gasteiger partial charge >= 0.3 is 0 Å². The first-order valence-electron chi connectivity index (χ1n) is 5.99. The maximum atomic E-state index is 2.97. The van der Waals surface area contributed by atoms with E-state index in [2.05, 4.69) is 23.1 Å². The summed E-state index contributed by atoms with van der Waals surface area (Å²) >= 11 is 0. The molecule has 0 aliphatic heterocycles. The molecule has 1 rings (SSSR count). The van der Waals surface area contributed by atoms with Gasteiger partial charge in [0.05, 0.1) is 0 Å². The lowest BCUT2D eigenvalue weighted by Gasteiger charge is -2.25. The first kappa shape index (κ1) is 11.5. The lowest BCUT2D eigenvalue weighted by atomic mass is 9.83. The van der Waals surface area contributed by atoms with Crippen LogP contribution in [0.5, 0.6) is 0 Å². The third-order valence-electron chi connectivity index (χ3n) is 3.71. The van der Waals surface area contributed by atoms with Crippen LogP contribution in [0.4, 0.5) is 0 Å². The van der Waals surface area contributed by atoms with Gasteiger partial charge in [0.25, 0.3) is 0 Å². The van der Waals surface area contributed by atoms with E-state index in [-0.39, 0.29) is 0 Å². The van der Waals surface area contributed by atoms with Crippen molar-refractivity contribution in [1.29, 1.82) is 0 Å². The fourth-order valence-corrected chi connectivity index (χ4v) is 3.24. The zero-order chi connectivity index (χ0) is 9.73. The van der Waals surface area contributed by atoms with Crippen LogP contribution in [0.15, 0.2) is 0 Å². The highest BCUT2D eigenvalue weighted by atomic mass is 31.0. The van der Waals surface area contributed by atoms with Crippen LogP contribution in [0.2, 0.25) is 0 Å². The number of hydrogen-bond acceptors (Lipinski definition) is 0. The van der Waals surface area contributed by atoms with E-state index in [0.29, 0.717) is 0 Å². The lowest BCUT2D eigenvalue weighted by molar-refractivity contribution is 0.289. The Kier molecular flexibility index (Phi) is 4.73. The van der Waals surface area contributed by atoms with Crippen molar-refractivity contribution in [3.05, 3.63) is 0 Å². The second-order valence-electron chi connectivity index (χ2n) is 4.69. The maximum Gasteiger partial charge on any atom is -0.0234 e. The van der Waals surface area contributed by atoms with Crippen LogP contribution in [-0.4, -0.2) is 6.16 Å². The van der Waals surface area contributed by atoms with Crippen LogP contribution in [0, 0.1) is 11.3 Å². The van der Waals surface area contributed by atoms with E-state index in [1.807, 2.05) is 0 Å². The van der Waals surface area contributed by atoms with E-state index >= 15 is 0 Å². The molecule has 0 aromatic heterocycles. The van der Waals surface area contributed by atoms with Crippen molar-refractivity contribution >= 4 is 9.24 Å². The predicted octanol–water partition coefficient (Wildman–Crippen LogP) is 4.25. The van der Waals surface area contributed by atoms with Crippen molar-refractivity contribution in [3.8, 4) is 0 Å².